The van der Waals surface area contributed by atoms with Crippen LogP contribution in [0.15, 0.2) is 24.3 Å². The number of carbonyl (C=O) groups excluding carboxylic acids is 1. The molecule has 1 aliphatic rings. The van der Waals surface area contributed by atoms with E-state index in [1.807, 2.05) is 31.2 Å². The Balaban J connectivity index is 1.83. The second kappa shape index (κ2) is 8.03. The van der Waals surface area contributed by atoms with Gasteiger partial charge < -0.3 is 15.4 Å². The van der Waals surface area contributed by atoms with Crippen LogP contribution < -0.4 is 10.6 Å². The van der Waals surface area contributed by atoms with Crippen LogP contribution in [0.2, 0.25) is 0 Å². The summed E-state index contributed by atoms with van der Waals surface area (Å²) in [7, 11) is 0. The van der Waals surface area contributed by atoms with E-state index in [0.717, 1.165) is 18.7 Å². The molecule has 2 N–H and O–H groups in total. The molecule has 2 unspecified atom stereocenters. The van der Waals surface area contributed by atoms with E-state index < -0.39 is 0 Å². The van der Waals surface area contributed by atoms with Crippen molar-refractivity contribution in [2.75, 3.05) is 18.5 Å². The zero-order valence-electron chi connectivity index (χ0n) is 13.0. The van der Waals surface area contributed by atoms with Gasteiger partial charge in [0.15, 0.2) is 0 Å². The Kier molecular flexibility index (Phi) is 6.05. The van der Waals surface area contributed by atoms with E-state index in [1.54, 1.807) is 0 Å². The van der Waals surface area contributed by atoms with E-state index in [1.165, 1.54) is 19.3 Å². The van der Waals surface area contributed by atoms with Crippen molar-refractivity contribution in [3.05, 3.63) is 29.8 Å². The third-order valence-corrected chi connectivity index (χ3v) is 3.86. The maximum Gasteiger partial charge on any atom is 0.338 e. The molecule has 1 aliphatic heterocycles. The van der Waals surface area contributed by atoms with Crippen LogP contribution in [0.5, 0.6) is 0 Å². The van der Waals surface area contributed by atoms with Gasteiger partial charge >= 0.3 is 5.97 Å². The lowest BCUT2D eigenvalue weighted by atomic mass is 9.98. The molecule has 2 rings (SSSR count). The highest BCUT2D eigenvalue weighted by Gasteiger charge is 2.15. The number of benzene rings is 1. The molecule has 0 spiro atoms. The molecule has 2 atom stereocenters. The van der Waals surface area contributed by atoms with Gasteiger partial charge in [-0.15, -0.1) is 0 Å². The first kappa shape index (κ1) is 15.8. The molecule has 0 radical (unpaired) electrons. The van der Waals surface area contributed by atoms with Gasteiger partial charge in [0.05, 0.1) is 12.2 Å². The summed E-state index contributed by atoms with van der Waals surface area (Å²) in [6, 6.07) is 8.54. The van der Waals surface area contributed by atoms with E-state index >= 15 is 0 Å². The quantitative estimate of drug-likeness (QED) is 0.790. The maximum atomic E-state index is 11.6. The lowest BCUT2D eigenvalue weighted by Crippen LogP contribution is -2.37. The van der Waals surface area contributed by atoms with Gasteiger partial charge in [0, 0.05) is 17.8 Å². The van der Waals surface area contributed by atoms with Crippen LogP contribution in [-0.4, -0.2) is 31.2 Å². The molecule has 21 heavy (non-hydrogen) atoms. The highest BCUT2D eigenvalue weighted by molar-refractivity contribution is 5.89. The molecular weight excluding hydrogens is 264 g/mol. The average Bonchev–Trinajstić information content (AvgIpc) is 2.49. The molecule has 1 heterocycles. The van der Waals surface area contributed by atoms with Crippen LogP contribution in [0, 0.1) is 0 Å². The van der Waals surface area contributed by atoms with Gasteiger partial charge in [0.2, 0.25) is 0 Å². The SMILES string of the molecule is CCOC(=O)c1ccc(NC(C)CC2CCCCN2)cc1. The monoisotopic (exact) mass is 290 g/mol. The van der Waals surface area contributed by atoms with E-state index in [0.29, 0.717) is 24.3 Å². The van der Waals surface area contributed by atoms with Crippen molar-refractivity contribution in [2.24, 2.45) is 0 Å². The van der Waals surface area contributed by atoms with Crippen LogP contribution >= 0.6 is 0 Å². The Morgan fingerprint density at radius 2 is 2.14 bits per heavy atom. The molecule has 0 bridgehead atoms. The molecule has 1 saturated heterocycles. The first-order chi connectivity index (χ1) is 10.2. The van der Waals surface area contributed by atoms with E-state index in [-0.39, 0.29) is 5.97 Å². The summed E-state index contributed by atoms with van der Waals surface area (Å²) >= 11 is 0. The first-order valence-corrected chi connectivity index (χ1v) is 7.96. The van der Waals surface area contributed by atoms with Crippen molar-refractivity contribution in [3.8, 4) is 0 Å². The second-order valence-electron chi connectivity index (χ2n) is 5.73. The van der Waals surface area contributed by atoms with E-state index in [4.69, 9.17) is 4.74 Å². The number of rotatable bonds is 6. The predicted molar refractivity (Wildman–Crippen MR) is 85.7 cm³/mol. The third kappa shape index (κ3) is 5.05. The fraction of sp³-hybridized carbons (Fsp3) is 0.588. The van der Waals surface area contributed by atoms with Gasteiger partial charge in [-0.3, -0.25) is 0 Å². The van der Waals surface area contributed by atoms with Crippen LogP contribution in [-0.2, 0) is 4.74 Å². The first-order valence-electron chi connectivity index (χ1n) is 7.96. The van der Waals surface area contributed by atoms with Gasteiger partial charge in [-0.1, -0.05) is 6.42 Å². The molecule has 4 heteroatoms. The Hall–Kier alpha value is -1.55. The minimum Gasteiger partial charge on any atom is -0.462 e. The number of nitrogens with one attached hydrogen (secondary N) is 2. The predicted octanol–water partition coefficient (Wildman–Crippen LogP) is 3.20. The van der Waals surface area contributed by atoms with Crippen LogP contribution in [0.1, 0.15) is 49.9 Å². The van der Waals surface area contributed by atoms with Crippen molar-refractivity contribution in [1.29, 1.82) is 0 Å². The largest absolute Gasteiger partial charge is 0.462 e. The number of hydrogen-bond acceptors (Lipinski definition) is 4. The van der Waals surface area contributed by atoms with E-state index in [9.17, 15) is 4.79 Å². The van der Waals surface area contributed by atoms with Crippen LogP contribution in [0.4, 0.5) is 5.69 Å². The molecule has 0 saturated carbocycles. The number of hydrogen-bond donors (Lipinski definition) is 2. The van der Waals surface area contributed by atoms with Gasteiger partial charge in [0.1, 0.15) is 0 Å². The lowest BCUT2D eigenvalue weighted by molar-refractivity contribution is 0.0526. The molecular formula is C17H26N2O2. The fourth-order valence-electron chi connectivity index (χ4n) is 2.81. The summed E-state index contributed by atoms with van der Waals surface area (Å²) < 4.78 is 4.98. The summed E-state index contributed by atoms with van der Waals surface area (Å²) in [4.78, 5) is 11.6. The number of carbonyl (C=O) groups is 1. The molecule has 1 aromatic carbocycles. The van der Waals surface area contributed by atoms with Crippen LogP contribution in [0.25, 0.3) is 0 Å². The van der Waals surface area contributed by atoms with E-state index in [2.05, 4.69) is 17.6 Å². The summed E-state index contributed by atoms with van der Waals surface area (Å²) in [5.41, 5.74) is 1.65. The number of esters is 1. The highest BCUT2D eigenvalue weighted by Crippen LogP contribution is 2.16. The molecule has 0 amide bonds. The molecule has 116 valence electrons. The third-order valence-electron chi connectivity index (χ3n) is 3.86. The Labute approximate surface area is 127 Å². The molecule has 1 aromatic rings. The minimum atomic E-state index is -0.261. The molecule has 0 aliphatic carbocycles. The smallest absolute Gasteiger partial charge is 0.338 e. The molecule has 1 fully saturated rings. The zero-order valence-corrected chi connectivity index (χ0v) is 13.0. The Bertz CT molecular complexity index is 439. The van der Waals surface area contributed by atoms with Crippen molar-refractivity contribution in [1.82, 2.24) is 5.32 Å². The van der Waals surface area contributed by atoms with Gasteiger partial charge in [-0.05, 0) is 63.9 Å². The Morgan fingerprint density at radius 3 is 2.76 bits per heavy atom. The maximum absolute atomic E-state index is 11.6. The fourth-order valence-corrected chi connectivity index (χ4v) is 2.81. The average molecular weight is 290 g/mol. The van der Waals surface area contributed by atoms with Gasteiger partial charge in [-0.2, -0.15) is 0 Å². The zero-order chi connectivity index (χ0) is 15.1. The van der Waals surface area contributed by atoms with Crippen molar-refractivity contribution in [3.63, 3.8) is 0 Å². The highest BCUT2D eigenvalue weighted by atomic mass is 16.5. The summed E-state index contributed by atoms with van der Waals surface area (Å²) in [6.45, 7) is 5.57. The normalized spacial score (nSPS) is 19.8. The number of ether oxygens (including phenoxy) is 1. The van der Waals surface area contributed by atoms with Crippen molar-refractivity contribution >= 4 is 11.7 Å². The summed E-state index contributed by atoms with van der Waals surface area (Å²) in [5, 5.41) is 7.07. The summed E-state index contributed by atoms with van der Waals surface area (Å²) in [5.74, 6) is -0.261. The van der Waals surface area contributed by atoms with Crippen molar-refractivity contribution < 1.29 is 9.53 Å². The number of anilines is 1. The summed E-state index contributed by atoms with van der Waals surface area (Å²) in [6.07, 6.45) is 5.03. The topological polar surface area (TPSA) is 50.4 Å². The van der Waals surface area contributed by atoms with Crippen LogP contribution in [0.3, 0.4) is 0 Å². The van der Waals surface area contributed by atoms with Gasteiger partial charge in [0.25, 0.3) is 0 Å². The molecule has 0 aromatic heterocycles. The van der Waals surface area contributed by atoms with Crippen molar-refractivity contribution in [2.45, 2.75) is 51.6 Å². The second-order valence-corrected chi connectivity index (χ2v) is 5.73. The minimum absolute atomic E-state index is 0.261. The Morgan fingerprint density at radius 1 is 1.38 bits per heavy atom. The number of piperidine rings is 1. The standard InChI is InChI=1S/C17H26N2O2/c1-3-21-17(20)14-7-9-15(10-8-14)19-13(2)12-16-6-4-5-11-18-16/h7-10,13,16,18-19H,3-6,11-12H2,1-2H3. The molecule has 4 nitrogen and oxygen atoms in total. The van der Waals surface area contributed by atoms with Gasteiger partial charge in [-0.25, -0.2) is 4.79 Å². The lowest BCUT2D eigenvalue weighted by Gasteiger charge is -2.27.